The van der Waals surface area contributed by atoms with Crippen molar-refractivity contribution in [1.82, 2.24) is 16.1 Å². The second kappa shape index (κ2) is 11.1. The first-order chi connectivity index (χ1) is 15.1. The highest BCUT2D eigenvalue weighted by atomic mass is 16.5. The molecule has 6 N–H and O–H groups in total. The highest BCUT2D eigenvalue weighted by Crippen LogP contribution is 2.19. The lowest BCUT2D eigenvalue weighted by atomic mass is 10.1. The maximum absolute atomic E-state index is 12.2. The summed E-state index contributed by atoms with van der Waals surface area (Å²) in [6.07, 6.45) is 6.17. The zero-order valence-corrected chi connectivity index (χ0v) is 17.1. The lowest BCUT2D eigenvalue weighted by molar-refractivity contribution is -0.130. The smallest absolute Gasteiger partial charge is 0.267 e. The maximum Gasteiger partial charge on any atom is 0.267 e. The van der Waals surface area contributed by atoms with E-state index in [9.17, 15) is 9.59 Å². The second-order valence-corrected chi connectivity index (χ2v) is 7.31. The Morgan fingerprint density at radius 1 is 1.13 bits per heavy atom. The average molecular weight is 418 g/mol. The predicted molar refractivity (Wildman–Crippen MR) is 119 cm³/mol. The molecule has 1 fully saturated rings. The van der Waals surface area contributed by atoms with Crippen LogP contribution in [0.1, 0.15) is 39.9 Å². The van der Waals surface area contributed by atoms with Gasteiger partial charge in [0.15, 0.2) is 0 Å². The van der Waals surface area contributed by atoms with Gasteiger partial charge in [-0.2, -0.15) is 0 Å². The average Bonchev–Trinajstić information content (AvgIpc) is 3.64. The van der Waals surface area contributed by atoms with Crippen molar-refractivity contribution in [1.29, 1.82) is 0 Å². The molecule has 2 amide bonds. The summed E-state index contributed by atoms with van der Waals surface area (Å²) < 4.78 is 0. The zero-order valence-electron chi connectivity index (χ0n) is 17.1. The largest absolute Gasteiger partial charge is 0.339 e. The topological polar surface area (TPSA) is 116 Å². The van der Waals surface area contributed by atoms with E-state index in [2.05, 4.69) is 34.6 Å². The molecule has 0 spiro atoms. The molecule has 1 aliphatic rings. The predicted octanol–water partition coefficient (Wildman–Crippen LogP) is 1.57. The van der Waals surface area contributed by atoms with Crippen molar-refractivity contribution in [2.24, 2.45) is 5.73 Å². The van der Waals surface area contributed by atoms with E-state index >= 15 is 0 Å². The first-order valence-corrected chi connectivity index (χ1v) is 10.1. The van der Waals surface area contributed by atoms with Crippen LogP contribution in [0.4, 0.5) is 0 Å². The van der Waals surface area contributed by atoms with Gasteiger partial charge in [0, 0.05) is 30.3 Å². The van der Waals surface area contributed by atoms with Crippen LogP contribution in [0.3, 0.4) is 0 Å². The molecule has 160 valence electrons. The van der Waals surface area contributed by atoms with Crippen molar-refractivity contribution in [3.63, 3.8) is 0 Å². The van der Waals surface area contributed by atoms with Gasteiger partial charge in [-0.25, -0.2) is 5.48 Å². The summed E-state index contributed by atoms with van der Waals surface area (Å²) in [6.45, 7) is 0.769. The van der Waals surface area contributed by atoms with Crippen LogP contribution in [-0.4, -0.2) is 35.7 Å². The van der Waals surface area contributed by atoms with E-state index in [0.29, 0.717) is 11.6 Å². The third-order valence-electron chi connectivity index (χ3n) is 4.84. The van der Waals surface area contributed by atoms with Crippen molar-refractivity contribution in [3.05, 3.63) is 76.9 Å². The van der Waals surface area contributed by atoms with Crippen molar-refractivity contribution >= 4 is 17.9 Å². The molecule has 1 aliphatic carbocycles. The molecule has 2 aromatic rings. The summed E-state index contributed by atoms with van der Waals surface area (Å²) in [5.41, 5.74) is 10.4. The van der Waals surface area contributed by atoms with E-state index < -0.39 is 17.9 Å². The summed E-state index contributed by atoms with van der Waals surface area (Å²) in [7, 11) is 0. The van der Waals surface area contributed by atoms with Crippen molar-refractivity contribution < 1.29 is 14.8 Å². The van der Waals surface area contributed by atoms with Crippen LogP contribution in [0, 0.1) is 11.8 Å². The molecule has 0 saturated heterocycles. The van der Waals surface area contributed by atoms with Crippen LogP contribution in [0.2, 0.25) is 0 Å². The summed E-state index contributed by atoms with van der Waals surface area (Å²) in [5, 5.41) is 14.6. The van der Waals surface area contributed by atoms with Gasteiger partial charge in [0.1, 0.15) is 6.04 Å². The molecule has 0 aliphatic heterocycles. The SMILES string of the molecule is NC[C@H](NC(=O)c1ccc(C=CC#Cc2ccc(CNC3CC3)cc2)cc1)C(=O)NO. The number of nitrogens with two attached hydrogens (primary N) is 1. The number of rotatable bonds is 8. The molecule has 2 aromatic carbocycles. The molecule has 7 nitrogen and oxygen atoms in total. The van der Waals surface area contributed by atoms with Gasteiger partial charge in [-0.3, -0.25) is 14.8 Å². The number of hydroxylamine groups is 1. The molecular weight excluding hydrogens is 392 g/mol. The molecular formula is C24H26N4O3. The maximum atomic E-state index is 12.2. The van der Waals surface area contributed by atoms with Crippen LogP contribution in [0.5, 0.6) is 0 Å². The number of allylic oxidation sites excluding steroid dienone is 1. The minimum atomic E-state index is -1.00. The first-order valence-electron chi connectivity index (χ1n) is 10.1. The third kappa shape index (κ3) is 7.08. The normalized spacial score (nSPS) is 13.9. The Morgan fingerprint density at radius 2 is 1.84 bits per heavy atom. The zero-order chi connectivity index (χ0) is 22.1. The fraction of sp³-hybridized carbons (Fsp3) is 0.250. The number of hydrogen-bond donors (Lipinski definition) is 5. The van der Waals surface area contributed by atoms with E-state index in [4.69, 9.17) is 10.9 Å². The Hall–Kier alpha value is -3.44. The molecule has 1 saturated carbocycles. The molecule has 31 heavy (non-hydrogen) atoms. The van der Waals surface area contributed by atoms with Gasteiger partial charge < -0.3 is 16.4 Å². The summed E-state index contributed by atoms with van der Waals surface area (Å²) in [4.78, 5) is 23.6. The molecule has 7 heteroatoms. The number of carbonyl (C=O) groups is 2. The molecule has 1 atom stereocenters. The molecule has 0 bridgehead atoms. The van der Waals surface area contributed by atoms with E-state index in [0.717, 1.165) is 17.7 Å². The number of amides is 2. The highest BCUT2D eigenvalue weighted by Gasteiger charge is 2.20. The Bertz CT molecular complexity index is 984. The van der Waals surface area contributed by atoms with Crippen LogP contribution < -0.4 is 21.8 Å². The number of hydrogen-bond acceptors (Lipinski definition) is 5. The van der Waals surface area contributed by atoms with Crippen LogP contribution in [-0.2, 0) is 11.3 Å². The molecule has 0 heterocycles. The Labute approximate surface area is 181 Å². The molecule has 0 radical (unpaired) electrons. The summed E-state index contributed by atoms with van der Waals surface area (Å²) in [5.74, 6) is 4.90. The van der Waals surface area contributed by atoms with Crippen molar-refractivity contribution in [2.75, 3.05) is 6.54 Å². The highest BCUT2D eigenvalue weighted by molar-refractivity contribution is 5.97. The van der Waals surface area contributed by atoms with Gasteiger partial charge >= 0.3 is 0 Å². The molecule has 3 rings (SSSR count). The number of nitrogens with one attached hydrogen (secondary N) is 3. The van der Waals surface area contributed by atoms with E-state index in [-0.39, 0.29) is 6.54 Å². The van der Waals surface area contributed by atoms with Gasteiger partial charge in [0.2, 0.25) is 0 Å². The Kier molecular flexibility index (Phi) is 7.96. The summed E-state index contributed by atoms with van der Waals surface area (Å²) in [6, 6.07) is 14.7. The monoisotopic (exact) mass is 418 g/mol. The minimum absolute atomic E-state index is 0.127. The van der Waals surface area contributed by atoms with Gasteiger partial charge in [-0.05, 0) is 60.4 Å². The van der Waals surface area contributed by atoms with Crippen LogP contribution in [0.15, 0.2) is 54.6 Å². The fourth-order valence-corrected chi connectivity index (χ4v) is 2.82. The summed E-state index contributed by atoms with van der Waals surface area (Å²) >= 11 is 0. The minimum Gasteiger partial charge on any atom is -0.339 e. The van der Waals surface area contributed by atoms with Crippen LogP contribution in [0.25, 0.3) is 6.08 Å². The molecule has 0 unspecified atom stereocenters. The van der Waals surface area contributed by atoms with E-state index in [1.807, 2.05) is 18.2 Å². The number of benzene rings is 2. The first kappa shape index (κ1) is 22.2. The molecule has 0 aromatic heterocycles. The number of carbonyl (C=O) groups excluding carboxylic acids is 2. The van der Waals surface area contributed by atoms with Crippen molar-refractivity contribution in [2.45, 2.75) is 31.5 Å². The standard InChI is InChI=1S/C24H26N4O3/c25-15-22(24(30)28-31)27-23(29)20-11-9-18(10-12-20)4-2-1-3-17-5-7-19(8-6-17)16-26-21-13-14-21/h2,4-12,21-22,26,31H,13-16,25H2,(H,27,29)(H,28,30)/t22-/m0/s1. The van der Waals surface area contributed by atoms with Crippen LogP contribution >= 0.6 is 0 Å². The Balaban J connectivity index is 1.51. The third-order valence-corrected chi connectivity index (χ3v) is 4.84. The second-order valence-electron chi connectivity index (χ2n) is 7.31. The van der Waals surface area contributed by atoms with Gasteiger partial charge in [0.05, 0.1) is 0 Å². The van der Waals surface area contributed by atoms with Gasteiger partial charge in [0.25, 0.3) is 11.8 Å². The lowest BCUT2D eigenvalue weighted by Crippen LogP contribution is -2.50. The lowest BCUT2D eigenvalue weighted by Gasteiger charge is -2.14. The Morgan fingerprint density at radius 3 is 2.45 bits per heavy atom. The fourth-order valence-electron chi connectivity index (χ4n) is 2.82. The van der Waals surface area contributed by atoms with Gasteiger partial charge in [-0.1, -0.05) is 36.1 Å². The van der Waals surface area contributed by atoms with Crippen molar-refractivity contribution in [3.8, 4) is 11.8 Å². The quantitative estimate of drug-likeness (QED) is 0.253. The van der Waals surface area contributed by atoms with Gasteiger partial charge in [-0.15, -0.1) is 0 Å². The van der Waals surface area contributed by atoms with E-state index in [1.165, 1.54) is 23.9 Å². The van der Waals surface area contributed by atoms with E-state index in [1.54, 1.807) is 30.3 Å².